The van der Waals surface area contributed by atoms with Gasteiger partial charge in [-0.1, -0.05) is 23.7 Å². The highest BCUT2D eigenvalue weighted by molar-refractivity contribution is 6.30. The fraction of sp³-hybridized carbons (Fsp3) is 0.167. The molecule has 0 saturated carbocycles. The van der Waals surface area contributed by atoms with Crippen LogP contribution in [-0.4, -0.2) is 35.6 Å². The standard InChI is InChI=1S/C18H14ClN7O/c1-9-14-12(10-3-2-4-11(19)5-10)6-13(27)24-17(14)26(25-9)18-15-16(21-7-20-15)22-8-23-18/h2-5,7-8,12H,6H2,1H3,(H,24,27)(H,20,21,22,23)/t12-/m0/s1. The number of carbonyl (C=O) groups excluding carboxylic acids is 1. The van der Waals surface area contributed by atoms with Gasteiger partial charge in [-0.15, -0.1) is 0 Å². The molecule has 3 aromatic heterocycles. The summed E-state index contributed by atoms with van der Waals surface area (Å²) in [5.41, 5.74) is 3.96. The fourth-order valence-electron chi connectivity index (χ4n) is 3.62. The third-order valence-corrected chi connectivity index (χ3v) is 4.99. The lowest BCUT2D eigenvalue weighted by Crippen LogP contribution is -2.25. The maximum Gasteiger partial charge on any atom is 0.226 e. The molecule has 0 aliphatic carbocycles. The summed E-state index contributed by atoms with van der Waals surface area (Å²) in [5, 5.41) is 8.25. The van der Waals surface area contributed by atoms with Crippen molar-refractivity contribution in [3.05, 3.63) is 58.8 Å². The minimum absolute atomic E-state index is 0.0801. The highest BCUT2D eigenvalue weighted by Gasteiger charge is 2.33. The first-order valence-electron chi connectivity index (χ1n) is 8.41. The molecule has 0 spiro atoms. The van der Waals surface area contributed by atoms with Crippen LogP contribution in [-0.2, 0) is 4.79 Å². The molecule has 0 unspecified atom stereocenters. The van der Waals surface area contributed by atoms with Gasteiger partial charge in [-0.05, 0) is 24.6 Å². The number of imidazole rings is 1. The Bertz CT molecular complexity index is 1200. The Morgan fingerprint density at radius 2 is 2.15 bits per heavy atom. The number of carbonyl (C=O) groups is 1. The summed E-state index contributed by atoms with van der Waals surface area (Å²) in [7, 11) is 0. The van der Waals surface area contributed by atoms with Crippen LogP contribution in [0.2, 0.25) is 5.02 Å². The Labute approximate surface area is 158 Å². The van der Waals surface area contributed by atoms with Crippen molar-refractivity contribution < 1.29 is 4.79 Å². The molecule has 2 N–H and O–H groups in total. The summed E-state index contributed by atoms with van der Waals surface area (Å²) in [6.45, 7) is 1.93. The quantitative estimate of drug-likeness (QED) is 0.557. The summed E-state index contributed by atoms with van der Waals surface area (Å²) in [6, 6.07) is 7.58. The van der Waals surface area contributed by atoms with E-state index >= 15 is 0 Å². The molecule has 0 radical (unpaired) electrons. The van der Waals surface area contributed by atoms with Gasteiger partial charge >= 0.3 is 0 Å². The number of amides is 1. The van der Waals surface area contributed by atoms with Gasteiger partial charge in [0.2, 0.25) is 5.91 Å². The van der Waals surface area contributed by atoms with Crippen LogP contribution in [0.4, 0.5) is 5.82 Å². The third kappa shape index (κ3) is 2.48. The maximum absolute atomic E-state index is 12.5. The molecule has 0 bridgehead atoms. The average molecular weight is 380 g/mol. The summed E-state index contributed by atoms with van der Waals surface area (Å²) < 4.78 is 1.64. The van der Waals surface area contributed by atoms with Crippen LogP contribution in [0, 0.1) is 6.92 Å². The third-order valence-electron chi connectivity index (χ3n) is 4.76. The smallest absolute Gasteiger partial charge is 0.226 e. The van der Waals surface area contributed by atoms with Gasteiger partial charge in [-0.2, -0.15) is 9.78 Å². The van der Waals surface area contributed by atoms with Crippen molar-refractivity contribution in [2.45, 2.75) is 19.3 Å². The van der Waals surface area contributed by atoms with E-state index in [1.165, 1.54) is 6.33 Å². The number of H-pyrrole nitrogens is 1. The lowest BCUT2D eigenvalue weighted by molar-refractivity contribution is -0.116. The van der Waals surface area contributed by atoms with Crippen LogP contribution in [0.15, 0.2) is 36.9 Å². The monoisotopic (exact) mass is 379 g/mol. The molecule has 1 aliphatic rings. The minimum Gasteiger partial charge on any atom is -0.340 e. The molecule has 1 amide bonds. The van der Waals surface area contributed by atoms with E-state index in [9.17, 15) is 4.79 Å². The number of hydrogen-bond acceptors (Lipinski definition) is 5. The number of hydrogen-bond donors (Lipinski definition) is 2. The first kappa shape index (κ1) is 16.0. The Balaban J connectivity index is 1.73. The zero-order valence-corrected chi connectivity index (χ0v) is 15.0. The van der Waals surface area contributed by atoms with Crippen molar-refractivity contribution in [2.24, 2.45) is 0 Å². The van der Waals surface area contributed by atoms with Gasteiger partial charge in [0, 0.05) is 22.9 Å². The van der Waals surface area contributed by atoms with E-state index in [1.54, 1.807) is 11.0 Å². The predicted octanol–water partition coefficient (Wildman–Crippen LogP) is 2.97. The Morgan fingerprint density at radius 1 is 1.26 bits per heavy atom. The van der Waals surface area contributed by atoms with Gasteiger partial charge < -0.3 is 10.3 Å². The van der Waals surface area contributed by atoms with Crippen LogP contribution in [0.25, 0.3) is 17.0 Å². The molecule has 1 aliphatic heterocycles. The second-order valence-electron chi connectivity index (χ2n) is 6.42. The lowest BCUT2D eigenvalue weighted by atomic mass is 9.86. The molecule has 0 fully saturated rings. The number of aromatic amines is 1. The van der Waals surface area contributed by atoms with Crippen molar-refractivity contribution in [1.82, 2.24) is 29.7 Å². The van der Waals surface area contributed by atoms with Gasteiger partial charge in [-0.25, -0.2) is 15.0 Å². The van der Waals surface area contributed by atoms with E-state index in [1.807, 2.05) is 31.2 Å². The number of anilines is 1. The van der Waals surface area contributed by atoms with Gasteiger partial charge in [0.1, 0.15) is 17.7 Å². The first-order valence-corrected chi connectivity index (χ1v) is 8.79. The zero-order chi connectivity index (χ0) is 18.5. The average Bonchev–Trinajstić information content (AvgIpc) is 3.25. The maximum atomic E-state index is 12.5. The van der Waals surface area contributed by atoms with Gasteiger partial charge in [0.05, 0.1) is 12.0 Å². The SMILES string of the molecule is Cc1nn(-c2ncnc3nc[nH]c23)c2c1[C@H](c1cccc(Cl)c1)CC(=O)N2. The van der Waals surface area contributed by atoms with Crippen molar-refractivity contribution >= 4 is 34.5 Å². The molecule has 1 atom stereocenters. The second-order valence-corrected chi connectivity index (χ2v) is 6.85. The van der Waals surface area contributed by atoms with Crippen molar-refractivity contribution in [1.29, 1.82) is 0 Å². The van der Waals surface area contributed by atoms with Crippen molar-refractivity contribution in [3.63, 3.8) is 0 Å². The second kappa shape index (κ2) is 5.88. The number of aryl methyl sites for hydroxylation is 1. The van der Waals surface area contributed by atoms with Crippen molar-refractivity contribution in [2.75, 3.05) is 5.32 Å². The summed E-state index contributed by atoms with van der Waals surface area (Å²) >= 11 is 6.17. The Kier molecular flexibility index (Phi) is 3.48. The first-order chi connectivity index (χ1) is 13.1. The van der Waals surface area contributed by atoms with E-state index in [-0.39, 0.29) is 11.8 Å². The number of nitrogens with one attached hydrogen (secondary N) is 2. The number of fused-ring (bicyclic) bond motifs is 2. The van der Waals surface area contributed by atoms with E-state index in [0.717, 1.165) is 16.8 Å². The fourth-order valence-corrected chi connectivity index (χ4v) is 3.82. The number of benzene rings is 1. The molecule has 5 rings (SSSR count). The van der Waals surface area contributed by atoms with Crippen LogP contribution in [0.5, 0.6) is 0 Å². The van der Waals surface area contributed by atoms with E-state index < -0.39 is 0 Å². The molecule has 9 heteroatoms. The van der Waals surface area contributed by atoms with Crippen LogP contribution in [0.3, 0.4) is 0 Å². The largest absolute Gasteiger partial charge is 0.340 e. The molecule has 1 aromatic carbocycles. The molecule has 0 saturated heterocycles. The normalized spacial score (nSPS) is 16.4. The number of nitrogens with zero attached hydrogens (tertiary/aromatic N) is 5. The molecular weight excluding hydrogens is 366 g/mol. The molecule has 134 valence electrons. The number of halogens is 1. The summed E-state index contributed by atoms with van der Waals surface area (Å²) in [6.07, 6.45) is 3.32. The highest BCUT2D eigenvalue weighted by atomic mass is 35.5. The summed E-state index contributed by atoms with van der Waals surface area (Å²) in [4.78, 5) is 28.2. The minimum atomic E-state index is -0.125. The highest BCUT2D eigenvalue weighted by Crippen LogP contribution is 2.40. The molecule has 4 heterocycles. The number of rotatable bonds is 2. The zero-order valence-electron chi connectivity index (χ0n) is 14.3. The molecule has 8 nitrogen and oxygen atoms in total. The van der Waals surface area contributed by atoms with E-state index in [0.29, 0.717) is 34.2 Å². The molecule has 4 aromatic rings. The Morgan fingerprint density at radius 3 is 3.00 bits per heavy atom. The van der Waals surface area contributed by atoms with Gasteiger partial charge in [0.25, 0.3) is 0 Å². The van der Waals surface area contributed by atoms with Crippen LogP contribution < -0.4 is 5.32 Å². The molecule has 27 heavy (non-hydrogen) atoms. The number of aromatic nitrogens is 6. The van der Waals surface area contributed by atoms with Crippen LogP contribution in [0.1, 0.15) is 29.2 Å². The Hall–Kier alpha value is -3.26. The van der Waals surface area contributed by atoms with Crippen LogP contribution >= 0.6 is 11.6 Å². The lowest BCUT2D eigenvalue weighted by Gasteiger charge is -2.24. The van der Waals surface area contributed by atoms with Gasteiger partial charge in [0.15, 0.2) is 11.5 Å². The summed E-state index contributed by atoms with van der Waals surface area (Å²) in [5.74, 6) is 0.945. The molecular formula is C18H14ClN7O. The predicted molar refractivity (Wildman–Crippen MR) is 100 cm³/mol. The van der Waals surface area contributed by atoms with Crippen molar-refractivity contribution in [3.8, 4) is 5.82 Å². The topological polar surface area (TPSA) is 101 Å². The van der Waals surface area contributed by atoms with E-state index in [2.05, 4.69) is 30.4 Å². The van der Waals surface area contributed by atoms with Gasteiger partial charge in [-0.3, -0.25) is 4.79 Å². The van der Waals surface area contributed by atoms with E-state index in [4.69, 9.17) is 11.6 Å².